The van der Waals surface area contributed by atoms with Gasteiger partial charge in [0.1, 0.15) is 25.4 Å². The molecule has 0 aliphatic rings. The van der Waals surface area contributed by atoms with Crippen LogP contribution in [0.3, 0.4) is 0 Å². The van der Waals surface area contributed by atoms with Gasteiger partial charge in [-0.2, -0.15) is 0 Å². The molecule has 5 atom stereocenters. The van der Waals surface area contributed by atoms with Gasteiger partial charge in [-0.3, -0.25) is 32.5 Å². The van der Waals surface area contributed by atoms with E-state index < -0.39 is 91.5 Å². The van der Waals surface area contributed by atoms with Crippen LogP contribution in [-0.4, -0.2) is 95.9 Å². The molecule has 16 nitrogen and oxygen atoms in total. The Balaban J connectivity index is 4.48. The van der Waals surface area contributed by atoms with Crippen molar-refractivity contribution < 1.29 is 75.8 Å². The molecule has 0 radical (unpaired) electrons. The standard InChI is InChI=1S/C95H162O16P2/c1-4-7-10-13-16-19-22-25-28-31-33-35-37-39-40-41-42-43-44-45-46-47-48-50-52-53-55-58-60-63-66-69-72-75-78-81-93(98)105-84-90(96)85-107-112(101,102)108-86-91(97)87-109-113(103,104)110-89-92(111-95(100)83-80-77-74-71-68-65-62-57-30-27-24-21-18-15-12-9-6-3)88-106-94(99)82-79-76-73-70-67-64-61-59-56-54-51-49-38-36-34-32-29-26-23-20-17-14-11-8-5-2/h7,9-10,12,16-21,25-30,33-36,39-40,49,51,62,65,90-92,96-97H,4-6,8,11,13-15,22-24,31-32,37-38,41-48,50,52-61,63-64,66-89H2,1-3H3,(H,101,102)(H,103,104)/b10-7-,12-9-,19-16-,20-17-,21-18-,28-25-,29-26-,30-27-,35-33-,36-34-,40-39-,51-49-,65-62-. The van der Waals surface area contributed by atoms with Gasteiger partial charge in [0.15, 0.2) is 6.10 Å². The molecule has 113 heavy (non-hydrogen) atoms. The minimum absolute atomic E-state index is 0.0718. The lowest BCUT2D eigenvalue weighted by atomic mass is 10.0. The van der Waals surface area contributed by atoms with E-state index in [4.69, 9.17) is 32.3 Å². The second kappa shape index (κ2) is 86.5. The van der Waals surface area contributed by atoms with Crippen LogP contribution in [-0.2, 0) is 55.8 Å². The Bertz CT molecular complexity index is 2680. The lowest BCUT2D eigenvalue weighted by molar-refractivity contribution is -0.161. The topological polar surface area (TPSA) is 231 Å². The highest BCUT2D eigenvalue weighted by atomic mass is 31.2. The SMILES string of the molecule is CC/C=C\C/C=C\C/C=C\C/C=C\C/C=C\CCCCCCCCCCCCCCCCCCCCCC(=O)OCC(O)COP(=O)(O)OCC(O)COP(=O)(O)OCC(COC(=O)CCCCCCCCCCC/C=C\C/C=C\C/C=C\C/C=C\CCCCC)OC(=O)CCCCCC/C=C\C/C=C\C/C=C\C/C=C\CC. The quantitative estimate of drug-likeness (QED) is 0.0146. The summed E-state index contributed by atoms with van der Waals surface area (Å²) in [6, 6.07) is 0. The Hall–Kier alpha value is -4.83. The number of unbranched alkanes of at least 4 members (excludes halogenated alkanes) is 35. The summed E-state index contributed by atoms with van der Waals surface area (Å²) >= 11 is 0. The van der Waals surface area contributed by atoms with Crippen LogP contribution in [0.25, 0.3) is 0 Å². The summed E-state index contributed by atoms with van der Waals surface area (Å²) in [4.78, 5) is 58.9. The van der Waals surface area contributed by atoms with E-state index in [9.17, 15) is 43.5 Å². The second-order valence-corrected chi connectivity index (χ2v) is 32.5. The predicted molar refractivity (Wildman–Crippen MR) is 472 cm³/mol. The van der Waals surface area contributed by atoms with Crippen LogP contribution in [0.5, 0.6) is 0 Å². The maximum Gasteiger partial charge on any atom is 0.472 e. The molecule has 0 aromatic heterocycles. The largest absolute Gasteiger partial charge is 0.472 e. The molecule has 0 saturated carbocycles. The van der Waals surface area contributed by atoms with Gasteiger partial charge in [0, 0.05) is 19.3 Å². The third-order valence-corrected chi connectivity index (χ3v) is 20.6. The van der Waals surface area contributed by atoms with Gasteiger partial charge in [0.2, 0.25) is 0 Å². The summed E-state index contributed by atoms with van der Waals surface area (Å²) in [6.45, 7) is 2.42. The number of hydrogen-bond donors (Lipinski definition) is 4. The van der Waals surface area contributed by atoms with Gasteiger partial charge in [-0.15, -0.1) is 0 Å². The molecule has 4 N–H and O–H groups in total. The monoisotopic (exact) mass is 1620 g/mol. The third-order valence-electron chi connectivity index (χ3n) is 18.7. The first-order valence-corrected chi connectivity index (χ1v) is 47.8. The van der Waals surface area contributed by atoms with Crippen LogP contribution < -0.4 is 0 Å². The zero-order valence-corrected chi connectivity index (χ0v) is 73.0. The Labute approximate surface area is 689 Å². The minimum Gasteiger partial charge on any atom is -0.463 e. The number of hydrogen-bond acceptors (Lipinski definition) is 14. The van der Waals surface area contributed by atoms with Crippen molar-refractivity contribution >= 4 is 33.6 Å². The Morgan fingerprint density at radius 3 is 0.743 bits per heavy atom. The smallest absolute Gasteiger partial charge is 0.463 e. The number of aliphatic hydroxyl groups excluding tert-OH is 2. The lowest BCUT2D eigenvalue weighted by Gasteiger charge is -2.21. The summed E-state index contributed by atoms with van der Waals surface area (Å²) in [6.07, 6.45) is 110. The molecule has 648 valence electrons. The Morgan fingerprint density at radius 1 is 0.257 bits per heavy atom. The molecular weight excluding hydrogens is 1460 g/mol. The van der Waals surface area contributed by atoms with Crippen LogP contribution in [0, 0.1) is 0 Å². The van der Waals surface area contributed by atoms with E-state index in [0.29, 0.717) is 19.3 Å². The highest BCUT2D eigenvalue weighted by Gasteiger charge is 2.29. The normalized spacial score (nSPS) is 14.6. The molecule has 0 rings (SSSR count). The number of ether oxygens (including phenoxy) is 3. The molecule has 0 aliphatic carbocycles. The second-order valence-electron chi connectivity index (χ2n) is 29.6. The Morgan fingerprint density at radius 2 is 0.469 bits per heavy atom. The zero-order valence-electron chi connectivity index (χ0n) is 71.3. The molecule has 0 bridgehead atoms. The minimum atomic E-state index is -4.95. The lowest BCUT2D eigenvalue weighted by Crippen LogP contribution is -2.30. The molecule has 0 fully saturated rings. The van der Waals surface area contributed by atoms with Crippen LogP contribution in [0.15, 0.2) is 158 Å². The first-order chi connectivity index (χ1) is 55.2. The van der Waals surface area contributed by atoms with Crippen molar-refractivity contribution in [1.82, 2.24) is 0 Å². The van der Waals surface area contributed by atoms with E-state index in [0.717, 1.165) is 154 Å². The molecule has 0 heterocycles. The summed E-state index contributed by atoms with van der Waals surface area (Å²) in [5.41, 5.74) is 0. The van der Waals surface area contributed by atoms with Crippen molar-refractivity contribution in [3.63, 3.8) is 0 Å². The summed E-state index contributed by atoms with van der Waals surface area (Å²) in [5, 5.41) is 20.7. The first-order valence-electron chi connectivity index (χ1n) is 44.8. The highest BCUT2D eigenvalue weighted by Crippen LogP contribution is 2.45. The van der Waals surface area contributed by atoms with Gasteiger partial charge in [0.05, 0.1) is 26.4 Å². The summed E-state index contributed by atoms with van der Waals surface area (Å²) < 4.78 is 61.3. The van der Waals surface area contributed by atoms with Crippen molar-refractivity contribution in [1.29, 1.82) is 0 Å². The zero-order chi connectivity index (χ0) is 82.2. The van der Waals surface area contributed by atoms with Crippen LogP contribution in [0.4, 0.5) is 0 Å². The first kappa shape index (κ1) is 108. The number of esters is 3. The molecule has 5 unspecified atom stereocenters. The number of carbonyl (C=O) groups excluding carboxylic acids is 3. The number of phosphoric acid groups is 2. The van der Waals surface area contributed by atoms with E-state index in [2.05, 4.69) is 179 Å². The van der Waals surface area contributed by atoms with Crippen molar-refractivity contribution in [2.75, 3.05) is 39.6 Å². The van der Waals surface area contributed by atoms with E-state index in [-0.39, 0.29) is 19.3 Å². The summed E-state index contributed by atoms with van der Waals surface area (Å²) in [5.74, 6) is -1.60. The van der Waals surface area contributed by atoms with Gasteiger partial charge in [0.25, 0.3) is 0 Å². The number of rotatable bonds is 84. The number of allylic oxidation sites excluding steroid dienone is 26. The molecule has 0 aromatic carbocycles. The molecular formula is C95H162O16P2. The van der Waals surface area contributed by atoms with Gasteiger partial charge in [-0.25, -0.2) is 9.13 Å². The molecule has 0 spiro atoms. The molecule has 0 aliphatic heterocycles. The van der Waals surface area contributed by atoms with E-state index in [1.165, 1.54) is 154 Å². The van der Waals surface area contributed by atoms with E-state index in [1.54, 1.807) is 0 Å². The van der Waals surface area contributed by atoms with Crippen molar-refractivity contribution in [2.45, 2.75) is 386 Å². The molecule has 0 amide bonds. The molecule has 0 aromatic rings. The van der Waals surface area contributed by atoms with E-state index >= 15 is 0 Å². The van der Waals surface area contributed by atoms with Gasteiger partial charge < -0.3 is 34.2 Å². The fraction of sp³-hybridized carbons (Fsp3) is 0.695. The van der Waals surface area contributed by atoms with Crippen LogP contribution in [0.1, 0.15) is 367 Å². The molecule has 18 heteroatoms. The maximum atomic E-state index is 13.0. The van der Waals surface area contributed by atoms with E-state index in [1.807, 2.05) is 0 Å². The van der Waals surface area contributed by atoms with Crippen LogP contribution in [0.2, 0.25) is 0 Å². The van der Waals surface area contributed by atoms with Gasteiger partial charge in [-0.05, 0) is 148 Å². The Kier molecular flexibility index (Phi) is 82.8. The number of carbonyl (C=O) groups is 3. The van der Waals surface area contributed by atoms with Crippen molar-refractivity contribution in [3.05, 3.63) is 158 Å². The van der Waals surface area contributed by atoms with Crippen molar-refractivity contribution in [3.8, 4) is 0 Å². The van der Waals surface area contributed by atoms with Gasteiger partial charge in [-0.1, -0.05) is 359 Å². The average molecular weight is 1620 g/mol. The average Bonchev–Trinajstić information content (AvgIpc) is 0.886. The number of phosphoric ester groups is 2. The fourth-order valence-corrected chi connectivity index (χ4v) is 13.6. The predicted octanol–water partition coefficient (Wildman–Crippen LogP) is 27.3. The van der Waals surface area contributed by atoms with Gasteiger partial charge >= 0.3 is 33.6 Å². The molecule has 0 saturated heterocycles. The highest BCUT2D eigenvalue weighted by molar-refractivity contribution is 7.47. The summed E-state index contributed by atoms with van der Waals surface area (Å²) in [7, 11) is -9.81. The maximum absolute atomic E-state index is 13.0. The van der Waals surface area contributed by atoms with Crippen LogP contribution >= 0.6 is 15.6 Å². The number of aliphatic hydroxyl groups is 2. The third kappa shape index (κ3) is 87.8. The fourth-order valence-electron chi connectivity index (χ4n) is 12.0. The van der Waals surface area contributed by atoms with Crippen molar-refractivity contribution in [2.24, 2.45) is 0 Å².